The molecule has 54 heavy (non-hydrogen) atoms. The summed E-state index contributed by atoms with van der Waals surface area (Å²) in [5.74, 6) is -0.853. The van der Waals surface area contributed by atoms with Gasteiger partial charge in [-0.05, 0) is 51.7 Å². The Morgan fingerprint density at radius 2 is 1.26 bits per heavy atom. The summed E-state index contributed by atoms with van der Waals surface area (Å²) in [5.41, 5.74) is 1.85. The molecule has 3 aliphatic heterocycles. The van der Waals surface area contributed by atoms with E-state index >= 15 is 0 Å². The number of nitrogens with one attached hydrogen (secondary N) is 1. The van der Waals surface area contributed by atoms with Crippen molar-refractivity contribution in [1.82, 2.24) is 15.0 Å². The lowest BCUT2D eigenvalue weighted by Crippen LogP contribution is -2.36. The quantitative estimate of drug-likeness (QED) is 0.179. The van der Waals surface area contributed by atoms with Crippen LogP contribution in [-0.2, 0) is 14.3 Å². The first-order chi connectivity index (χ1) is 26.0. The average molecular weight is 764 g/mol. The van der Waals surface area contributed by atoms with Gasteiger partial charge in [0, 0.05) is 74.4 Å². The van der Waals surface area contributed by atoms with Gasteiger partial charge in [-0.3, -0.25) is 19.4 Å². The van der Waals surface area contributed by atoms with Crippen LogP contribution in [0.3, 0.4) is 0 Å². The number of anilines is 5. The van der Waals surface area contributed by atoms with Gasteiger partial charge in [0.05, 0.1) is 45.7 Å². The molecule has 1 N–H and O–H groups in total. The van der Waals surface area contributed by atoms with Gasteiger partial charge in [0.15, 0.2) is 0 Å². The van der Waals surface area contributed by atoms with E-state index < -0.39 is 23.3 Å². The maximum absolute atomic E-state index is 15.0. The largest absolute Gasteiger partial charge is 0.378 e. The van der Waals surface area contributed by atoms with Crippen molar-refractivity contribution >= 4 is 74.2 Å². The highest BCUT2D eigenvalue weighted by Gasteiger charge is 2.27. The van der Waals surface area contributed by atoms with Gasteiger partial charge in [0.1, 0.15) is 46.5 Å². The molecule has 0 bridgehead atoms. The minimum atomic E-state index is -0.748. The molecule has 0 radical (unpaired) electrons. The summed E-state index contributed by atoms with van der Waals surface area (Å²) in [5, 5.41) is 3.67. The number of carbonyl (C=O) groups excluding carboxylic acids is 2. The van der Waals surface area contributed by atoms with Crippen molar-refractivity contribution in [3.05, 3.63) is 81.9 Å². The normalized spacial score (nSPS) is 16.5. The second-order valence-corrected chi connectivity index (χ2v) is 13.9. The Balaban J connectivity index is 0.000000184. The number of rotatable bonds is 5. The smallest absolute Gasteiger partial charge is 0.228 e. The Bertz CT molecular complexity index is 2270. The predicted molar refractivity (Wildman–Crippen MR) is 201 cm³/mol. The molecule has 10 nitrogen and oxygen atoms in total. The molecule has 0 aliphatic carbocycles. The lowest BCUT2D eigenvalue weighted by atomic mass is 10.1. The fourth-order valence-corrected chi connectivity index (χ4v) is 7.34. The van der Waals surface area contributed by atoms with Crippen molar-refractivity contribution in [1.29, 1.82) is 0 Å². The second kappa shape index (κ2) is 15.7. The van der Waals surface area contributed by atoms with E-state index in [1.54, 1.807) is 29.7 Å². The van der Waals surface area contributed by atoms with E-state index in [1.165, 1.54) is 6.07 Å². The molecule has 3 aromatic heterocycles. The number of ether oxygens (including phenoxy) is 1. The van der Waals surface area contributed by atoms with Crippen LogP contribution in [0.25, 0.3) is 21.8 Å². The van der Waals surface area contributed by atoms with Crippen molar-refractivity contribution in [2.45, 2.75) is 52.4 Å². The van der Waals surface area contributed by atoms with E-state index in [2.05, 4.69) is 20.2 Å². The van der Waals surface area contributed by atoms with Gasteiger partial charge in [-0.25, -0.2) is 32.5 Å². The number of hydrogen-bond donors (Lipinski definition) is 1. The number of pyridine rings is 3. The lowest BCUT2D eigenvalue weighted by Gasteiger charge is -2.29. The van der Waals surface area contributed by atoms with Crippen LogP contribution in [0.1, 0.15) is 49.7 Å². The molecule has 3 saturated heterocycles. The van der Waals surface area contributed by atoms with Gasteiger partial charge in [-0.15, -0.1) is 0 Å². The molecule has 0 atom stereocenters. The Morgan fingerprint density at radius 1 is 0.704 bits per heavy atom. The highest BCUT2D eigenvalue weighted by Crippen LogP contribution is 2.38. The number of aromatic nitrogens is 3. The van der Waals surface area contributed by atoms with Crippen molar-refractivity contribution in [2.24, 2.45) is 0 Å². The molecular weight excluding hydrogens is 726 g/mol. The summed E-state index contributed by atoms with van der Waals surface area (Å²) in [4.78, 5) is 43.4. The van der Waals surface area contributed by atoms with E-state index in [-0.39, 0.29) is 38.6 Å². The van der Waals surface area contributed by atoms with Gasteiger partial charge < -0.3 is 15.0 Å². The maximum atomic E-state index is 15.0. The zero-order valence-electron chi connectivity index (χ0n) is 29.8. The van der Waals surface area contributed by atoms with Crippen molar-refractivity contribution < 1.29 is 31.9 Å². The van der Waals surface area contributed by atoms with Crippen LogP contribution in [-0.4, -0.2) is 66.2 Å². The first-order valence-corrected chi connectivity index (χ1v) is 18.3. The van der Waals surface area contributed by atoms with Crippen LogP contribution in [0.15, 0.2) is 42.5 Å². The fourth-order valence-electron chi connectivity index (χ4n) is 7.07. The van der Waals surface area contributed by atoms with Crippen LogP contribution >= 0.6 is 11.6 Å². The van der Waals surface area contributed by atoms with Gasteiger partial charge in [-0.2, -0.15) is 0 Å². The van der Waals surface area contributed by atoms with Crippen molar-refractivity contribution in [3.8, 4) is 0 Å². The number of amides is 2. The Hall–Kier alpha value is -5.08. The SMILES string of the molecule is Cc1c(N2CCCCC2=O)nc2cc(F)cc(F)c2c1Cl.Cc1c(N2CCCCC2=O)nc2cc(F)cc(F)c2c1Nc1cccc(N2CCOCC2)n1. The summed E-state index contributed by atoms with van der Waals surface area (Å²) in [6, 6.07) is 9.54. The number of carbonyl (C=O) groups is 2. The number of hydrogen-bond acceptors (Lipinski definition) is 8. The van der Waals surface area contributed by atoms with Gasteiger partial charge in [-0.1, -0.05) is 17.7 Å². The number of morpholine rings is 1. The third-order valence-corrected chi connectivity index (χ3v) is 10.3. The molecule has 3 aliphatic rings. The number of benzene rings is 2. The summed E-state index contributed by atoms with van der Waals surface area (Å²) in [6.07, 6.45) is 4.29. The topological polar surface area (TPSA) is 104 Å². The zero-order chi connectivity index (χ0) is 38.1. The molecule has 282 valence electrons. The third kappa shape index (κ3) is 7.49. The molecule has 6 heterocycles. The zero-order valence-corrected chi connectivity index (χ0v) is 30.6. The Kier molecular flexibility index (Phi) is 10.8. The van der Waals surface area contributed by atoms with Crippen LogP contribution in [0, 0.1) is 37.1 Å². The summed E-state index contributed by atoms with van der Waals surface area (Å²) in [7, 11) is 0. The van der Waals surface area contributed by atoms with Crippen molar-refractivity contribution in [2.75, 3.05) is 59.4 Å². The van der Waals surface area contributed by atoms with Crippen LogP contribution < -0.4 is 20.0 Å². The molecule has 2 aromatic carbocycles. The van der Waals surface area contributed by atoms with Crippen LogP contribution in [0.4, 0.5) is 46.5 Å². The Morgan fingerprint density at radius 3 is 1.85 bits per heavy atom. The highest BCUT2D eigenvalue weighted by molar-refractivity contribution is 6.36. The number of nitrogens with zero attached hydrogens (tertiary/aromatic N) is 6. The van der Waals surface area contributed by atoms with Crippen LogP contribution in [0.2, 0.25) is 5.02 Å². The van der Waals surface area contributed by atoms with Crippen molar-refractivity contribution in [3.63, 3.8) is 0 Å². The minimum absolute atomic E-state index is 0.0357. The number of fused-ring (bicyclic) bond motifs is 2. The molecular formula is C39H38ClF4N7O3. The maximum Gasteiger partial charge on any atom is 0.228 e. The molecule has 0 unspecified atom stereocenters. The van der Waals surface area contributed by atoms with E-state index in [0.717, 1.165) is 62.8 Å². The summed E-state index contributed by atoms with van der Waals surface area (Å²) in [6.45, 7) is 7.31. The monoisotopic (exact) mass is 763 g/mol. The summed E-state index contributed by atoms with van der Waals surface area (Å²) < 4.78 is 61.7. The number of halogens is 5. The van der Waals surface area contributed by atoms with Gasteiger partial charge in [0.25, 0.3) is 0 Å². The standard InChI is InChI=1S/C24H25F2N5O2.C15H13ClF2N2O/c1-15-23(29-19-5-4-6-20(28-19)30-9-11-33-12-10-30)22-17(26)13-16(25)14-18(22)27-24(15)31-8-3-2-7-21(31)32;1-8-14(16)13-10(18)6-9(17)7-11(13)19-15(8)20-5-3-2-4-12(20)21/h4-6,13-14H,2-3,7-12H2,1H3,(H,27,28,29);6-7H,2-5H2,1H3. The minimum Gasteiger partial charge on any atom is -0.378 e. The highest BCUT2D eigenvalue weighted by atomic mass is 35.5. The third-order valence-electron chi connectivity index (χ3n) is 9.85. The fraction of sp³-hybridized carbons (Fsp3) is 0.359. The molecule has 3 fully saturated rings. The molecule has 0 saturated carbocycles. The molecule has 2 amide bonds. The first-order valence-electron chi connectivity index (χ1n) is 17.9. The summed E-state index contributed by atoms with van der Waals surface area (Å²) >= 11 is 6.22. The average Bonchev–Trinajstić information content (AvgIpc) is 3.15. The second-order valence-electron chi connectivity index (χ2n) is 13.5. The van der Waals surface area contributed by atoms with Gasteiger partial charge >= 0.3 is 0 Å². The van der Waals surface area contributed by atoms with Crippen LogP contribution in [0.5, 0.6) is 0 Å². The Labute approximate surface area is 314 Å². The molecule has 8 rings (SSSR count). The van der Waals surface area contributed by atoms with E-state index in [9.17, 15) is 27.2 Å². The predicted octanol–water partition coefficient (Wildman–Crippen LogP) is 8.31. The molecule has 5 aromatic rings. The molecule has 15 heteroatoms. The first kappa shape index (κ1) is 37.2. The van der Waals surface area contributed by atoms with Gasteiger partial charge in [0.2, 0.25) is 11.8 Å². The van der Waals surface area contributed by atoms with E-state index in [0.29, 0.717) is 73.4 Å². The number of piperidine rings is 2. The lowest BCUT2D eigenvalue weighted by molar-refractivity contribution is -0.120. The van der Waals surface area contributed by atoms with E-state index in [4.69, 9.17) is 21.3 Å². The van der Waals surface area contributed by atoms with E-state index in [1.807, 2.05) is 12.1 Å². The molecule has 0 spiro atoms.